The van der Waals surface area contributed by atoms with E-state index in [0.29, 0.717) is 19.0 Å². The highest BCUT2D eigenvalue weighted by atomic mass is 16.5. The van der Waals surface area contributed by atoms with Gasteiger partial charge in [-0.2, -0.15) is 0 Å². The van der Waals surface area contributed by atoms with Crippen LogP contribution in [-0.4, -0.2) is 64.4 Å². The highest BCUT2D eigenvalue weighted by Crippen LogP contribution is 2.18. The fourth-order valence-electron chi connectivity index (χ4n) is 4.47. The second kappa shape index (κ2) is 9.01. The predicted octanol–water partition coefficient (Wildman–Crippen LogP) is -0.289. The monoisotopic (exact) mass is 386 g/mol. The van der Waals surface area contributed by atoms with Gasteiger partial charge in [0.05, 0.1) is 32.7 Å². The summed E-state index contributed by atoms with van der Waals surface area (Å²) in [4.78, 5) is 16.3. The summed E-state index contributed by atoms with van der Waals surface area (Å²) in [5, 5.41) is 0. The van der Waals surface area contributed by atoms with E-state index in [1.807, 2.05) is 0 Å². The van der Waals surface area contributed by atoms with Crippen LogP contribution in [0.15, 0.2) is 47.1 Å². The molecular formula is C22H30N2O4+2. The van der Waals surface area contributed by atoms with Gasteiger partial charge in [-0.1, -0.05) is 29.8 Å². The molecule has 0 spiro atoms. The summed E-state index contributed by atoms with van der Waals surface area (Å²) in [6.07, 6.45) is 1.58. The Balaban J connectivity index is 1.74. The predicted molar refractivity (Wildman–Crippen MR) is 104 cm³/mol. The van der Waals surface area contributed by atoms with Crippen LogP contribution in [0.5, 0.6) is 0 Å². The molecule has 2 fully saturated rings. The molecule has 28 heavy (non-hydrogen) atoms. The van der Waals surface area contributed by atoms with E-state index < -0.39 is 0 Å². The van der Waals surface area contributed by atoms with Crippen LogP contribution in [0, 0.1) is 6.92 Å². The molecule has 0 aliphatic carbocycles. The Morgan fingerprint density at radius 3 is 2.07 bits per heavy atom. The molecule has 2 N–H and O–H groups in total. The maximum Gasteiger partial charge on any atom is 0.261 e. The number of aryl methyl sites for hydroxylation is 1. The number of nitrogens with one attached hydrogen (secondary N) is 2. The number of rotatable bonds is 6. The van der Waals surface area contributed by atoms with Gasteiger partial charge in [-0.25, -0.2) is 0 Å². The molecule has 1 aromatic carbocycles. The molecule has 0 bridgehead atoms. The maximum absolute atomic E-state index is 13.6. The number of quaternary nitrogens is 2. The summed E-state index contributed by atoms with van der Waals surface area (Å²) in [5.41, 5.74) is 2.44. The highest BCUT2D eigenvalue weighted by Gasteiger charge is 2.46. The highest BCUT2D eigenvalue weighted by molar-refractivity contribution is 5.97. The Hall–Kier alpha value is -1.99. The molecule has 2 aromatic rings. The number of hydrogen-bond acceptors (Lipinski definition) is 4. The van der Waals surface area contributed by atoms with Crippen molar-refractivity contribution in [3.8, 4) is 0 Å². The van der Waals surface area contributed by atoms with Crippen molar-refractivity contribution in [3.63, 3.8) is 0 Å². The molecule has 150 valence electrons. The van der Waals surface area contributed by atoms with Crippen molar-refractivity contribution in [2.24, 2.45) is 0 Å². The number of furan rings is 1. The van der Waals surface area contributed by atoms with Crippen LogP contribution in [0.1, 0.15) is 27.7 Å². The summed E-state index contributed by atoms with van der Waals surface area (Å²) in [5.74, 6) is 0.542. The Bertz CT molecular complexity index is 747. The van der Waals surface area contributed by atoms with E-state index in [1.54, 1.807) is 18.4 Å². The summed E-state index contributed by atoms with van der Waals surface area (Å²) < 4.78 is 16.7. The Morgan fingerprint density at radius 2 is 1.50 bits per heavy atom. The van der Waals surface area contributed by atoms with Crippen molar-refractivity contribution in [1.82, 2.24) is 0 Å². The number of benzene rings is 1. The van der Waals surface area contributed by atoms with Gasteiger partial charge < -0.3 is 23.7 Å². The van der Waals surface area contributed by atoms with Gasteiger partial charge in [-0.05, 0) is 19.1 Å². The number of carbonyl (C=O) groups is 1. The van der Waals surface area contributed by atoms with E-state index in [4.69, 9.17) is 13.9 Å². The molecule has 2 atom stereocenters. The average Bonchev–Trinajstić information content (AvgIpc) is 3.29. The Labute approximate surface area is 166 Å². The van der Waals surface area contributed by atoms with Gasteiger partial charge in [0.1, 0.15) is 26.2 Å². The van der Waals surface area contributed by atoms with Gasteiger partial charge in [-0.3, -0.25) is 4.79 Å². The first-order valence-electron chi connectivity index (χ1n) is 10.2. The second-order valence-corrected chi connectivity index (χ2v) is 7.75. The Kier molecular flexibility index (Phi) is 6.22. The van der Waals surface area contributed by atoms with Crippen molar-refractivity contribution in [1.29, 1.82) is 0 Å². The van der Waals surface area contributed by atoms with Gasteiger partial charge in [0.2, 0.25) is 6.04 Å². The Morgan fingerprint density at radius 1 is 0.893 bits per heavy atom. The van der Waals surface area contributed by atoms with Crippen LogP contribution in [0.25, 0.3) is 0 Å². The van der Waals surface area contributed by atoms with Crippen LogP contribution in [-0.2, 0) is 9.47 Å². The molecule has 0 radical (unpaired) electrons. The number of ketones is 1. The first-order chi connectivity index (χ1) is 13.7. The molecule has 2 aliphatic rings. The number of ether oxygens (including phenoxy) is 2. The number of carbonyl (C=O) groups excluding carboxylic acids is 1. The zero-order valence-corrected chi connectivity index (χ0v) is 16.5. The normalized spacial score (nSPS) is 21.3. The van der Waals surface area contributed by atoms with Crippen molar-refractivity contribution < 1.29 is 28.5 Å². The lowest BCUT2D eigenvalue weighted by molar-refractivity contribution is -0.999. The molecule has 1 aromatic heterocycles. The minimum Gasteiger partial charge on any atom is -0.461 e. The van der Waals surface area contributed by atoms with Crippen LogP contribution in [0.2, 0.25) is 0 Å². The molecule has 6 nitrogen and oxygen atoms in total. The molecular weight excluding hydrogens is 356 g/mol. The zero-order chi connectivity index (χ0) is 19.3. The minimum atomic E-state index is -0.203. The van der Waals surface area contributed by atoms with Crippen molar-refractivity contribution in [2.75, 3.05) is 52.6 Å². The van der Waals surface area contributed by atoms with Gasteiger partial charge in [0, 0.05) is 5.56 Å². The van der Waals surface area contributed by atoms with Crippen molar-refractivity contribution in [3.05, 3.63) is 59.5 Å². The minimum absolute atomic E-state index is 0.0650. The molecule has 0 amide bonds. The molecule has 2 unspecified atom stereocenters. The van der Waals surface area contributed by atoms with Crippen molar-refractivity contribution >= 4 is 5.78 Å². The fourth-order valence-corrected chi connectivity index (χ4v) is 4.47. The van der Waals surface area contributed by atoms with Crippen LogP contribution in [0.4, 0.5) is 0 Å². The molecule has 2 aliphatic heterocycles. The number of Topliss-reactive ketones (excluding diaryl/α,β-unsaturated/α-hetero) is 1. The fraction of sp³-hybridized carbons (Fsp3) is 0.500. The third kappa shape index (κ3) is 4.20. The van der Waals surface area contributed by atoms with E-state index in [-0.39, 0.29) is 17.9 Å². The first-order valence-corrected chi connectivity index (χ1v) is 10.2. The third-order valence-electron chi connectivity index (χ3n) is 5.97. The molecule has 2 saturated heterocycles. The summed E-state index contributed by atoms with van der Waals surface area (Å²) in [6.45, 7) is 8.43. The smallest absolute Gasteiger partial charge is 0.261 e. The largest absolute Gasteiger partial charge is 0.461 e. The topological polar surface area (TPSA) is 57.5 Å². The van der Waals surface area contributed by atoms with Gasteiger partial charge in [0.15, 0.2) is 11.8 Å². The molecule has 4 rings (SSSR count). The average molecular weight is 386 g/mol. The number of hydrogen-bond donors (Lipinski definition) is 2. The summed E-state index contributed by atoms with van der Waals surface area (Å²) in [6, 6.07) is 12.1. The molecule has 6 heteroatoms. The zero-order valence-electron chi connectivity index (χ0n) is 16.5. The first kappa shape index (κ1) is 19.3. The van der Waals surface area contributed by atoms with E-state index >= 15 is 0 Å². The van der Waals surface area contributed by atoms with Crippen molar-refractivity contribution in [2.45, 2.75) is 19.0 Å². The maximum atomic E-state index is 13.6. The van der Waals surface area contributed by atoms with Gasteiger partial charge in [-0.15, -0.1) is 0 Å². The van der Waals surface area contributed by atoms with Crippen LogP contribution in [0.3, 0.4) is 0 Å². The third-order valence-corrected chi connectivity index (χ3v) is 5.97. The lowest BCUT2D eigenvalue weighted by Gasteiger charge is -2.39. The van der Waals surface area contributed by atoms with Gasteiger partial charge in [0.25, 0.3) is 5.78 Å². The second-order valence-electron chi connectivity index (χ2n) is 7.75. The molecule has 0 saturated carbocycles. The lowest BCUT2D eigenvalue weighted by atomic mass is 9.91. The standard InChI is InChI=1S/C22H28N2O4/c1-17-4-6-18(7-5-17)20(23-8-13-26-14-9-23)21(24-10-15-27-16-11-24)22(25)19-3-2-12-28-19/h2-7,12,20-21H,8-11,13-16H2,1H3/p+2. The van der Waals surface area contributed by atoms with E-state index in [0.717, 1.165) is 39.4 Å². The van der Waals surface area contributed by atoms with E-state index in [2.05, 4.69) is 31.2 Å². The quantitative estimate of drug-likeness (QED) is 0.670. The van der Waals surface area contributed by atoms with E-state index in [9.17, 15) is 4.79 Å². The van der Waals surface area contributed by atoms with Crippen LogP contribution < -0.4 is 9.80 Å². The number of morpholine rings is 2. The van der Waals surface area contributed by atoms with Gasteiger partial charge >= 0.3 is 0 Å². The lowest BCUT2D eigenvalue weighted by Crippen LogP contribution is -3.25. The molecule has 3 heterocycles. The van der Waals surface area contributed by atoms with E-state index in [1.165, 1.54) is 20.9 Å². The summed E-state index contributed by atoms with van der Waals surface area (Å²) >= 11 is 0. The summed E-state index contributed by atoms with van der Waals surface area (Å²) in [7, 11) is 0. The van der Waals surface area contributed by atoms with Crippen LogP contribution >= 0.6 is 0 Å². The SMILES string of the molecule is Cc1ccc(C(C(C(=O)c2ccco2)[NH+]2CCOCC2)[NH+]2CCOCC2)cc1.